The summed E-state index contributed by atoms with van der Waals surface area (Å²) in [6, 6.07) is 1.62. The first-order chi connectivity index (χ1) is 9.62. The summed E-state index contributed by atoms with van der Waals surface area (Å²) < 4.78 is 28.9. The highest BCUT2D eigenvalue weighted by Gasteiger charge is 2.15. The van der Waals surface area contributed by atoms with E-state index in [0.717, 1.165) is 24.9 Å². The molecule has 0 amide bonds. The second-order valence-electron chi connectivity index (χ2n) is 4.38. The third kappa shape index (κ3) is 4.14. The van der Waals surface area contributed by atoms with E-state index in [1.54, 1.807) is 24.0 Å². The third-order valence-electron chi connectivity index (χ3n) is 2.82. The molecule has 0 aromatic carbocycles. The lowest BCUT2D eigenvalue weighted by Crippen LogP contribution is -2.24. The molecule has 20 heavy (non-hydrogen) atoms. The third-order valence-corrected chi connectivity index (χ3v) is 5.77. The average Bonchev–Trinajstić information content (AvgIpc) is 3.09. The number of aromatic nitrogens is 2. The summed E-state index contributed by atoms with van der Waals surface area (Å²) in [6.07, 6.45) is 7.06. The van der Waals surface area contributed by atoms with Crippen LogP contribution in [0.3, 0.4) is 0 Å². The monoisotopic (exact) mass is 314 g/mol. The fourth-order valence-corrected chi connectivity index (χ4v) is 4.06. The molecular formula is C12H18N4O2S2. The smallest absolute Gasteiger partial charge is 0.250 e. The van der Waals surface area contributed by atoms with Crippen LogP contribution in [-0.4, -0.2) is 24.5 Å². The quantitative estimate of drug-likeness (QED) is 0.716. The molecule has 2 aromatic rings. The number of hydrogen-bond acceptors (Lipinski definition) is 5. The Morgan fingerprint density at radius 1 is 1.40 bits per heavy atom. The maximum absolute atomic E-state index is 12.0. The highest BCUT2D eigenvalue weighted by atomic mass is 32.2. The van der Waals surface area contributed by atoms with Crippen molar-refractivity contribution in [3.8, 4) is 0 Å². The van der Waals surface area contributed by atoms with E-state index in [1.165, 1.54) is 11.3 Å². The van der Waals surface area contributed by atoms with Gasteiger partial charge in [0.15, 0.2) is 0 Å². The largest absolute Gasteiger partial charge is 0.337 e. The van der Waals surface area contributed by atoms with Crippen molar-refractivity contribution in [2.24, 2.45) is 5.73 Å². The van der Waals surface area contributed by atoms with Crippen LogP contribution in [0.1, 0.15) is 18.4 Å². The van der Waals surface area contributed by atoms with Gasteiger partial charge in [-0.15, -0.1) is 11.3 Å². The number of thiophene rings is 1. The molecule has 0 saturated carbocycles. The van der Waals surface area contributed by atoms with E-state index in [1.807, 2.05) is 10.8 Å². The number of aryl methyl sites for hydroxylation is 1. The Morgan fingerprint density at radius 3 is 2.90 bits per heavy atom. The number of nitrogens with zero attached hydrogens (tertiary/aromatic N) is 2. The van der Waals surface area contributed by atoms with Crippen molar-refractivity contribution >= 4 is 21.4 Å². The van der Waals surface area contributed by atoms with E-state index < -0.39 is 10.0 Å². The Kier molecular flexibility index (Phi) is 5.30. The van der Waals surface area contributed by atoms with Crippen LogP contribution >= 0.6 is 11.3 Å². The molecule has 3 N–H and O–H groups in total. The number of hydrogen-bond donors (Lipinski definition) is 2. The maximum Gasteiger partial charge on any atom is 0.250 e. The molecule has 0 atom stereocenters. The molecule has 0 radical (unpaired) electrons. The lowest BCUT2D eigenvalue weighted by molar-refractivity contribution is 0.567. The Bertz CT molecular complexity index is 620. The van der Waals surface area contributed by atoms with Crippen molar-refractivity contribution in [3.05, 3.63) is 35.7 Å². The van der Waals surface area contributed by atoms with Crippen molar-refractivity contribution in [2.45, 2.75) is 30.1 Å². The van der Waals surface area contributed by atoms with E-state index in [9.17, 15) is 8.42 Å². The highest BCUT2D eigenvalue weighted by molar-refractivity contribution is 7.91. The fourth-order valence-electron chi connectivity index (χ4n) is 1.72. The number of nitrogens with two attached hydrogens (primary N) is 1. The van der Waals surface area contributed by atoms with Gasteiger partial charge in [-0.05, 0) is 29.9 Å². The highest BCUT2D eigenvalue weighted by Crippen LogP contribution is 2.19. The second-order valence-corrected chi connectivity index (χ2v) is 7.29. The summed E-state index contributed by atoms with van der Waals surface area (Å²) in [5.41, 5.74) is 6.32. The Balaban J connectivity index is 1.75. The Labute approximate surface area is 122 Å². The molecule has 0 aliphatic rings. The topological polar surface area (TPSA) is 90.0 Å². The molecule has 8 heteroatoms. The first-order valence-electron chi connectivity index (χ1n) is 6.35. The molecule has 0 fully saturated rings. The van der Waals surface area contributed by atoms with Crippen LogP contribution in [-0.2, 0) is 23.1 Å². The van der Waals surface area contributed by atoms with Gasteiger partial charge < -0.3 is 10.3 Å². The lowest BCUT2D eigenvalue weighted by atomic mass is 10.3. The SMILES string of the molecule is NCc1csc(S(=O)(=O)NCCCCn2ccnc2)c1. The second kappa shape index (κ2) is 6.98. The van der Waals surface area contributed by atoms with E-state index >= 15 is 0 Å². The van der Waals surface area contributed by atoms with Crippen molar-refractivity contribution in [1.82, 2.24) is 14.3 Å². The van der Waals surface area contributed by atoms with Gasteiger partial charge in [0, 0.05) is 32.0 Å². The number of unbranched alkanes of at least 4 members (excludes halogenated alkanes) is 1. The van der Waals surface area contributed by atoms with E-state index in [4.69, 9.17) is 5.73 Å². The standard InChI is InChI=1S/C12H18N4O2S2/c13-8-11-7-12(19-9-11)20(17,18)15-3-1-2-5-16-6-4-14-10-16/h4,6-7,9-10,15H,1-3,5,8,13H2. The zero-order valence-electron chi connectivity index (χ0n) is 11.0. The molecule has 6 nitrogen and oxygen atoms in total. The first kappa shape index (κ1) is 15.2. The number of nitrogens with one attached hydrogen (secondary N) is 1. The van der Waals surface area contributed by atoms with Crippen LogP contribution in [0, 0.1) is 0 Å². The maximum atomic E-state index is 12.0. The molecule has 0 aliphatic carbocycles. The van der Waals surface area contributed by atoms with Gasteiger partial charge in [-0.25, -0.2) is 18.1 Å². The Hall–Kier alpha value is -1.22. The van der Waals surface area contributed by atoms with Gasteiger partial charge in [-0.1, -0.05) is 0 Å². The van der Waals surface area contributed by atoms with Gasteiger partial charge >= 0.3 is 0 Å². The van der Waals surface area contributed by atoms with Crippen LogP contribution in [0.2, 0.25) is 0 Å². The molecule has 0 saturated heterocycles. The van der Waals surface area contributed by atoms with Gasteiger partial charge in [-0.3, -0.25) is 0 Å². The minimum Gasteiger partial charge on any atom is -0.337 e. The molecule has 0 spiro atoms. The van der Waals surface area contributed by atoms with Crippen LogP contribution in [0.15, 0.2) is 34.4 Å². The van der Waals surface area contributed by atoms with Gasteiger partial charge in [0.25, 0.3) is 0 Å². The van der Waals surface area contributed by atoms with Crippen molar-refractivity contribution < 1.29 is 8.42 Å². The predicted molar refractivity (Wildman–Crippen MR) is 78.9 cm³/mol. The zero-order valence-corrected chi connectivity index (χ0v) is 12.7. The fraction of sp³-hybridized carbons (Fsp3) is 0.417. The minimum absolute atomic E-state index is 0.326. The van der Waals surface area contributed by atoms with E-state index in [0.29, 0.717) is 17.3 Å². The summed E-state index contributed by atoms with van der Waals surface area (Å²) in [7, 11) is -3.39. The zero-order chi connectivity index (χ0) is 14.4. The van der Waals surface area contributed by atoms with Crippen LogP contribution in [0.4, 0.5) is 0 Å². The summed E-state index contributed by atoms with van der Waals surface area (Å²) in [5, 5.41) is 1.77. The van der Waals surface area contributed by atoms with Crippen LogP contribution < -0.4 is 10.5 Å². The molecular weight excluding hydrogens is 296 g/mol. The minimum atomic E-state index is -3.39. The molecule has 2 rings (SSSR count). The van der Waals surface area contributed by atoms with E-state index in [2.05, 4.69) is 9.71 Å². The van der Waals surface area contributed by atoms with Crippen molar-refractivity contribution in [1.29, 1.82) is 0 Å². The van der Waals surface area contributed by atoms with Gasteiger partial charge in [-0.2, -0.15) is 0 Å². The molecule has 0 bridgehead atoms. The molecule has 0 unspecified atom stereocenters. The molecule has 2 aromatic heterocycles. The molecule has 0 aliphatic heterocycles. The summed E-state index contributed by atoms with van der Waals surface area (Å²) in [6.45, 7) is 1.64. The normalized spacial score (nSPS) is 11.8. The van der Waals surface area contributed by atoms with Gasteiger partial charge in [0.1, 0.15) is 4.21 Å². The summed E-state index contributed by atoms with van der Waals surface area (Å²) >= 11 is 1.20. The number of imidazole rings is 1. The first-order valence-corrected chi connectivity index (χ1v) is 8.71. The summed E-state index contributed by atoms with van der Waals surface area (Å²) in [5.74, 6) is 0. The van der Waals surface area contributed by atoms with Crippen molar-refractivity contribution in [3.63, 3.8) is 0 Å². The number of sulfonamides is 1. The molecule has 2 heterocycles. The van der Waals surface area contributed by atoms with E-state index in [-0.39, 0.29) is 0 Å². The van der Waals surface area contributed by atoms with Crippen LogP contribution in [0.5, 0.6) is 0 Å². The van der Waals surface area contributed by atoms with Crippen molar-refractivity contribution in [2.75, 3.05) is 6.54 Å². The van der Waals surface area contributed by atoms with Gasteiger partial charge in [0.05, 0.1) is 6.33 Å². The van der Waals surface area contributed by atoms with Gasteiger partial charge in [0.2, 0.25) is 10.0 Å². The lowest BCUT2D eigenvalue weighted by Gasteiger charge is -2.05. The summed E-state index contributed by atoms with van der Waals surface area (Å²) in [4.78, 5) is 3.95. The predicted octanol–water partition coefficient (Wildman–Crippen LogP) is 1.16. The molecule has 110 valence electrons. The Morgan fingerprint density at radius 2 is 2.25 bits per heavy atom. The average molecular weight is 314 g/mol. The van der Waals surface area contributed by atoms with Crippen LogP contribution in [0.25, 0.3) is 0 Å². The number of rotatable bonds is 8.